The quantitative estimate of drug-likeness (QED) is 0.458. The van der Waals surface area contributed by atoms with Gasteiger partial charge in [0.15, 0.2) is 13.1 Å². The Balaban J connectivity index is 2.50. The fourth-order valence-electron chi connectivity index (χ4n) is 0.382. The van der Waals surface area contributed by atoms with E-state index in [-0.39, 0.29) is 12.7 Å². The highest BCUT2D eigenvalue weighted by molar-refractivity contribution is 4.85. The van der Waals surface area contributed by atoms with Gasteiger partial charge in [-0.05, 0) is 0 Å². The fourth-order valence-corrected chi connectivity index (χ4v) is 0.382. The Morgan fingerprint density at radius 1 is 1.75 bits per heavy atom. The maximum atomic E-state index is 8.54. The Hall–Kier alpha value is -0.740. The Morgan fingerprint density at radius 3 is 2.88 bits per heavy atom. The summed E-state index contributed by atoms with van der Waals surface area (Å²) in [6.45, 7) is -0.0938. The average molecular weight is 118 g/mol. The van der Waals surface area contributed by atoms with Crippen LogP contribution in [0, 0.1) is 0 Å². The molecule has 0 saturated carbocycles. The van der Waals surface area contributed by atoms with Gasteiger partial charge in [-0.2, -0.15) is 0 Å². The molecular formula is C4H6O4. The van der Waals surface area contributed by atoms with E-state index >= 15 is 0 Å². The number of ether oxygens (including phenoxy) is 2. The summed E-state index contributed by atoms with van der Waals surface area (Å²) in [7, 11) is 0. The minimum atomic E-state index is -1.02. The lowest BCUT2D eigenvalue weighted by Gasteiger charge is -2.14. The van der Waals surface area contributed by atoms with Gasteiger partial charge in [0, 0.05) is 0 Å². The van der Waals surface area contributed by atoms with Gasteiger partial charge in [-0.25, -0.2) is 0 Å². The van der Waals surface area contributed by atoms with E-state index in [9.17, 15) is 0 Å². The number of aliphatic hydroxyl groups is 2. The summed E-state index contributed by atoms with van der Waals surface area (Å²) in [5, 5.41) is 17.0. The van der Waals surface area contributed by atoms with E-state index in [1.807, 2.05) is 0 Å². The van der Waals surface area contributed by atoms with Gasteiger partial charge in [-0.15, -0.1) is 0 Å². The predicted molar refractivity (Wildman–Crippen MR) is 23.8 cm³/mol. The highest BCUT2D eigenvalue weighted by Gasteiger charge is 2.08. The van der Waals surface area contributed by atoms with Crippen molar-refractivity contribution in [3.63, 3.8) is 0 Å². The molecule has 0 aromatic rings. The first-order valence-electron chi connectivity index (χ1n) is 2.12. The van der Waals surface area contributed by atoms with Gasteiger partial charge < -0.3 is 19.7 Å². The van der Waals surface area contributed by atoms with Crippen LogP contribution in [0.1, 0.15) is 0 Å². The van der Waals surface area contributed by atoms with Crippen LogP contribution in [0.4, 0.5) is 0 Å². The molecule has 0 bridgehead atoms. The first-order valence-corrected chi connectivity index (χ1v) is 2.12. The molecule has 0 aliphatic carbocycles. The van der Waals surface area contributed by atoms with Gasteiger partial charge >= 0.3 is 0 Å². The van der Waals surface area contributed by atoms with E-state index in [1.54, 1.807) is 0 Å². The highest BCUT2D eigenvalue weighted by atomic mass is 16.7. The molecule has 0 amide bonds. The lowest BCUT2D eigenvalue weighted by Crippen LogP contribution is -2.17. The number of hydrogen-bond donors (Lipinski definition) is 2. The number of hydrogen-bond acceptors (Lipinski definition) is 4. The lowest BCUT2D eigenvalue weighted by atomic mass is 10.6. The summed E-state index contributed by atoms with van der Waals surface area (Å²) in [5.41, 5.74) is 0. The second-order valence-corrected chi connectivity index (χ2v) is 1.32. The minimum absolute atomic E-state index is 0.0938. The van der Waals surface area contributed by atoms with E-state index in [0.717, 1.165) is 6.08 Å². The predicted octanol–water partition coefficient (Wildman–Crippen LogP) is -0.292. The third-order valence-electron chi connectivity index (χ3n) is 0.731. The molecule has 46 valence electrons. The summed E-state index contributed by atoms with van der Waals surface area (Å²) in [5.74, 6) is -0.288. The number of rotatable bonds is 0. The van der Waals surface area contributed by atoms with E-state index in [2.05, 4.69) is 9.47 Å². The van der Waals surface area contributed by atoms with Gasteiger partial charge in [-0.3, -0.25) is 0 Å². The molecule has 0 radical (unpaired) electrons. The third-order valence-corrected chi connectivity index (χ3v) is 0.731. The van der Waals surface area contributed by atoms with Crippen LogP contribution in [0.15, 0.2) is 12.0 Å². The summed E-state index contributed by atoms with van der Waals surface area (Å²) in [6, 6.07) is 0. The summed E-state index contributed by atoms with van der Waals surface area (Å²) in [4.78, 5) is 0. The van der Waals surface area contributed by atoms with E-state index < -0.39 is 6.29 Å². The van der Waals surface area contributed by atoms with Crippen molar-refractivity contribution in [1.29, 1.82) is 0 Å². The molecule has 1 aliphatic heterocycles. The maximum absolute atomic E-state index is 8.54. The van der Waals surface area contributed by atoms with Crippen molar-refractivity contribution < 1.29 is 19.7 Å². The smallest absolute Gasteiger partial charge is 0.279 e. The molecule has 0 spiro atoms. The van der Waals surface area contributed by atoms with Crippen LogP contribution < -0.4 is 0 Å². The van der Waals surface area contributed by atoms with Crippen molar-refractivity contribution in [2.75, 3.05) is 6.79 Å². The molecule has 8 heavy (non-hydrogen) atoms. The zero-order valence-electron chi connectivity index (χ0n) is 4.07. The van der Waals surface area contributed by atoms with Crippen molar-refractivity contribution >= 4 is 0 Å². The zero-order chi connectivity index (χ0) is 5.98. The van der Waals surface area contributed by atoms with Crippen molar-refractivity contribution in [2.45, 2.75) is 6.29 Å². The Labute approximate surface area is 46.0 Å². The van der Waals surface area contributed by atoms with Crippen molar-refractivity contribution in [1.82, 2.24) is 0 Å². The molecule has 1 unspecified atom stereocenters. The summed E-state index contributed by atoms with van der Waals surface area (Å²) in [6.07, 6.45) is 0.0347. The molecule has 1 atom stereocenters. The molecule has 1 rings (SSSR count). The Kier molecular flexibility index (Phi) is 1.36. The van der Waals surface area contributed by atoms with Crippen LogP contribution in [0.3, 0.4) is 0 Å². The SMILES string of the molecule is OC1=CC(O)OCO1. The van der Waals surface area contributed by atoms with Gasteiger partial charge in [0.1, 0.15) is 0 Å². The second-order valence-electron chi connectivity index (χ2n) is 1.32. The Bertz CT molecular complexity index is 109. The largest absolute Gasteiger partial charge is 0.481 e. The first kappa shape index (κ1) is 5.40. The van der Waals surface area contributed by atoms with Gasteiger partial charge in [0.25, 0.3) is 5.95 Å². The first-order chi connectivity index (χ1) is 3.79. The lowest BCUT2D eigenvalue weighted by molar-refractivity contribution is -0.169. The second kappa shape index (κ2) is 2.02. The molecule has 0 fully saturated rings. The van der Waals surface area contributed by atoms with Crippen LogP contribution in [-0.2, 0) is 9.47 Å². The topological polar surface area (TPSA) is 58.9 Å². The molecule has 0 aromatic heterocycles. The zero-order valence-corrected chi connectivity index (χ0v) is 4.07. The molecule has 4 nitrogen and oxygen atoms in total. The molecule has 4 heteroatoms. The highest BCUT2D eigenvalue weighted by Crippen LogP contribution is 2.03. The van der Waals surface area contributed by atoms with Crippen LogP contribution in [-0.4, -0.2) is 23.3 Å². The van der Waals surface area contributed by atoms with Gasteiger partial charge in [-0.1, -0.05) is 0 Å². The summed E-state index contributed by atoms with van der Waals surface area (Å²) < 4.78 is 8.83. The van der Waals surface area contributed by atoms with Gasteiger partial charge in [0.2, 0.25) is 0 Å². The molecule has 0 aromatic carbocycles. The third kappa shape index (κ3) is 1.11. The molecular weight excluding hydrogens is 112 g/mol. The molecule has 0 saturated heterocycles. The van der Waals surface area contributed by atoms with E-state index in [4.69, 9.17) is 10.2 Å². The van der Waals surface area contributed by atoms with Gasteiger partial charge in [0.05, 0.1) is 6.08 Å². The van der Waals surface area contributed by atoms with Crippen molar-refractivity contribution in [2.24, 2.45) is 0 Å². The van der Waals surface area contributed by atoms with Crippen LogP contribution in [0.2, 0.25) is 0 Å². The minimum Gasteiger partial charge on any atom is -0.481 e. The fraction of sp³-hybridized carbons (Fsp3) is 0.500. The maximum Gasteiger partial charge on any atom is 0.279 e. The number of aliphatic hydroxyl groups excluding tert-OH is 2. The van der Waals surface area contributed by atoms with Crippen LogP contribution in [0.5, 0.6) is 0 Å². The van der Waals surface area contributed by atoms with Crippen LogP contribution >= 0.6 is 0 Å². The molecule has 2 N–H and O–H groups in total. The average Bonchev–Trinajstić information content (AvgIpc) is 1.64. The van der Waals surface area contributed by atoms with Crippen LogP contribution in [0.25, 0.3) is 0 Å². The Morgan fingerprint density at radius 2 is 2.50 bits per heavy atom. The monoisotopic (exact) mass is 118 g/mol. The summed E-state index contributed by atoms with van der Waals surface area (Å²) >= 11 is 0. The van der Waals surface area contributed by atoms with E-state index in [0.29, 0.717) is 0 Å². The van der Waals surface area contributed by atoms with E-state index in [1.165, 1.54) is 0 Å². The van der Waals surface area contributed by atoms with Crippen molar-refractivity contribution in [3.8, 4) is 0 Å². The standard InChI is InChI=1S/C4H6O4/c5-3-1-4(6)8-2-7-3/h1,3,5-6H,2H2. The van der Waals surface area contributed by atoms with Crippen molar-refractivity contribution in [3.05, 3.63) is 12.0 Å². The molecule has 1 aliphatic rings. The normalized spacial score (nSPS) is 28.6. The molecule has 1 heterocycles.